The minimum Gasteiger partial charge on any atom is -0.497 e. The topological polar surface area (TPSA) is 52.3 Å². The van der Waals surface area contributed by atoms with E-state index >= 15 is 0 Å². The smallest absolute Gasteiger partial charge is 0.184 e. The van der Waals surface area contributed by atoms with Crippen LogP contribution in [0.15, 0.2) is 18.2 Å². The second-order valence-corrected chi connectivity index (χ2v) is 4.24. The Bertz CT molecular complexity index is 413. The number of ether oxygens (including phenoxy) is 1. The van der Waals surface area contributed by atoms with Gasteiger partial charge in [-0.15, -0.1) is 0 Å². The second-order valence-electron chi connectivity index (χ2n) is 3.83. The van der Waals surface area contributed by atoms with Crippen LogP contribution >= 0.6 is 11.6 Å². The highest BCUT2D eigenvalue weighted by Gasteiger charge is 2.46. The van der Waals surface area contributed by atoms with Gasteiger partial charge in [0.15, 0.2) is 5.78 Å². The number of carbonyl (C=O) groups excluding carboxylic acids is 1. The molecule has 0 atom stereocenters. The van der Waals surface area contributed by atoms with Crippen molar-refractivity contribution in [2.75, 3.05) is 7.11 Å². The molecule has 0 aliphatic heterocycles. The number of benzene rings is 1. The Morgan fingerprint density at radius 1 is 1.53 bits per heavy atom. The molecule has 0 radical (unpaired) electrons. The van der Waals surface area contributed by atoms with Gasteiger partial charge in [0.1, 0.15) is 5.75 Å². The van der Waals surface area contributed by atoms with E-state index in [0.29, 0.717) is 16.3 Å². The predicted octanol–water partition coefficient (Wildman–Crippen LogP) is 2.02. The van der Waals surface area contributed by atoms with E-state index < -0.39 is 5.54 Å². The number of ketones is 1. The molecular weight excluding hydrogens is 214 g/mol. The fraction of sp³-hybridized carbons (Fsp3) is 0.364. The zero-order chi connectivity index (χ0) is 11.1. The molecule has 1 aliphatic rings. The lowest BCUT2D eigenvalue weighted by Gasteiger charge is -2.09. The van der Waals surface area contributed by atoms with E-state index in [0.717, 1.165) is 12.8 Å². The standard InChI is InChI=1S/C11H12ClNO2/c1-15-7-2-3-8(9(12)6-7)10(14)11(13)4-5-11/h2-3,6H,4-5,13H2,1H3. The van der Waals surface area contributed by atoms with E-state index in [-0.39, 0.29) is 5.78 Å². The molecule has 3 nitrogen and oxygen atoms in total. The summed E-state index contributed by atoms with van der Waals surface area (Å²) >= 11 is 5.98. The van der Waals surface area contributed by atoms with Crippen molar-refractivity contribution < 1.29 is 9.53 Å². The van der Waals surface area contributed by atoms with Gasteiger partial charge >= 0.3 is 0 Å². The maximum atomic E-state index is 11.9. The molecule has 0 heterocycles. The minimum atomic E-state index is -0.668. The van der Waals surface area contributed by atoms with Crippen molar-refractivity contribution in [3.8, 4) is 5.75 Å². The number of rotatable bonds is 3. The number of hydrogen-bond donors (Lipinski definition) is 1. The molecular formula is C11H12ClNO2. The highest BCUT2D eigenvalue weighted by molar-refractivity contribution is 6.34. The quantitative estimate of drug-likeness (QED) is 0.801. The molecule has 80 valence electrons. The van der Waals surface area contributed by atoms with Gasteiger partial charge in [-0.1, -0.05) is 11.6 Å². The maximum Gasteiger partial charge on any atom is 0.184 e. The monoisotopic (exact) mass is 225 g/mol. The maximum absolute atomic E-state index is 11.9. The average Bonchev–Trinajstić information content (AvgIpc) is 2.96. The van der Waals surface area contributed by atoms with Crippen LogP contribution in [0.1, 0.15) is 23.2 Å². The van der Waals surface area contributed by atoms with Gasteiger partial charge in [0.05, 0.1) is 17.7 Å². The molecule has 0 unspecified atom stereocenters. The summed E-state index contributed by atoms with van der Waals surface area (Å²) in [6.07, 6.45) is 1.49. The van der Waals surface area contributed by atoms with Crippen LogP contribution < -0.4 is 10.5 Å². The van der Waals surface area contributed by atoms with Gasteiger partial charge in [0.25, 0.3) is 0 Å². The van der Waals surface area contributed by atoms with Crippen LogP contribution in [0.2, 0.25) is 5.02 Å². The van der Waals surface area contributed by atoms with Gasteiger partial charge in [0, 0.05) is 5.56 Å². The predicted molar refractivity (Wildman–Crippen MR) is 58.5 cm³/mol. The molecule has 1 aromatic rings. The molecule has 1 aliphatic carbocycles. The number of methoxy groups -OCH3 is 1. The molecule has 0 saturated heterocycles. The molecule has 1 saturated carbocycles. The van der Waals surface area contributed by atoms with Crippen molar-refractivity contribution in [2.24, 2.45) is 5.73 Å². The lowest BCUT2D eigenvalue weighted by atomic mass is 10.0. The van der Waals surface area contributed by atoms with E-state index in [2.05, 4.69) is 0 Å². The summed E-state index contributed by atoms with van der Waals surface area (Å²) in [6, 6.07) is 5.00. The highest BCUT2D eigenvalue weighted by Crippen LogP contribution is 2.37. The molecule has 15 heavy (non-hydrogen) atoms. The van der Waals surface area contributed by atoms with Crippen LogP contribution in [0.5, 0.6) is 5.75 Å². The Kier molecular flexibility index (Phi) is 2.44. The first kappa shape index (κ1) is 10.5. The molecule has 1 aromatic carbocycles. The van der Waals surface area contributed by atoms with Crippen LogP contribution in [0.4, 0.5) is 0 Å². The number of carbonyl (C=O) groups is 1. The van der Waals surface area contributed by atoms with Crippen molar-refractivity contribution >= 4 is 17.4 Å². The molecule has 1 fully saturated rings. The third kappa shape index (κ3) is 1.85. The molecule has 2 rings (SSSR count). The Morgan fingerprint density at radius 2 is 2.20 bits per heavy atom. The summed E-state index contributed by atoms with van der Waals surface area (Å²) in [4.78, 5) is 11.9. The van der Waals surface area contributed by atoms with Crippen molar-refractivity contribution in [1.82, 2.24) is 0 Å². The highest BCUT2D eigenvalue weighted by atomic mass is 35.5. The molecule has 0 spiro atoms. The van der Waals surface area contributed by atoms with Crippen LogP contribution in [0.3, 0.4) is 0 Å². The van der Waals surface area contributed by atoms with Gasteiger partial charge in [-0.2, -0.15) is 0 Å². The molecule has 0 aromatic heterocycles. The summed E-state index contributed by atoms with van der Waals surface area (Å²) < 4.78 is 5.00. The lowest BCUT2D eigenvalue weighted by molar-refractivity contribution is 0.0949. The Labute approximate surface area is 93.2 Å². The summed E-state index contributed by atoms with van der Waals surface area (Å²) in [5.41, 5.74) is 5.64. The van der Waals surface area contributed by atoms with Crippen LogP contribution in [0, 0.1) is 0 Å². The first-order valence-corrected chi connectivity index (χ1v) is 5.12. The van der Waals surface area contributed by atoms with E-state index in [1.165, 1.54) is 0 Å². The SMILES string of the molecule is COc1ccc(C(=O)C2(N)CC2)c(Cl)c1. The molecule has 2 N–H and O–H groups in total. The third-order valence-corrected chi connectivity index (χ3v) is 2.97. The Balaban J connectivity index is 2.33. The van der Waals surface area contributed by atoms with Crippen molar-refractivity contribution in [1.29, 1.82) is 0 Å². The average molecular weight is 226 g/mol. The van der Waals surface area contributed by atoms with Crippen molar-refractivity contribution in [3.05, 3.63) is 28.8 Å². The van der Waals surface area contributed by atoms with Crippen molar-refractivity contribution in [2.45, 2.75) is 18.4 Å². The Hall–Kier alpha value is -1.06. The zero-order valence-corrected chi connectivity index (χ0v) is 9.17. The van der Waals surface area contributed by atoms with Crippen LogP contribution in [0.25, 0.3) is 0 Å². The van der Waals surface area contributed by atoms with Gasteiger partial charge in [0.2, 0.25) is 0 Å². The van der Waals surface area contributed by atoms with Gasteiger partial charge in [-0.25, -0.2) is 0 Å². The van der Waals surface area contributed by atoms with E-state index in [4.69, 9.17) is 22.1 Å². The number of halogens is 1. The summed E-state index contributed by atoms with van der Waals surface area (Å²) in [5.74, 6) is 0.563. The van der Waals surface area contributed by atoms with E-state index in [1.807, 2.05) is 0 Å². The van der Waals surface area contributed by atoms with Gasteiger partial charge in [-0.05, 0) is 31.0 Å². The molecule has 4 heteroatoms. The number of Topliss-reactive ketones (excluding diaryl/α,β-unsaturated/α-hetero) is 1. The first-order valence-electron chi connectivity index (χ1n) is 4.74. The van der Waals surface area contributed by atoms with Crippen molar-refractivity contribution in [3.63, 3.8) is 0 Å². The number of hydrogen-bond acceptors (Lipinski definition) is 3. The third-order valence-electron chi connectivity index (χ3n) is 2.66. The summed E-state index contributed by atoms with van der Waals surface area (Å²) in [5, 5.41) is 0.399. The summed E-state index contributed by atoms with van der Waals surface area (Å²) in [7, 11) is 1.55. The zero-order valence-electron chi connectivity index (χ0n) is 8.42. The normalized spacial score (nSPS) is 17.3. The number of nitrogens with two attached hydrogens (primary N) is 1. The van der Waals surface area contributed by atoms with Crippen LogP contribution in [-0.4, -0.2) is 18.4 Å². The molecule has 0 amide bonds. The van der Waals surface area contributed by atoms with Gasteiger partial charge in [-0.3, -0.25) is 4.79 Å². The van der Waals surface area contributed by atoms with E-state index in [1.54, 1.807) is 25.3 Å². The van der Waals surface area contributed by atoms with E-state index in [9.17, 15) is 4.79 Å². The summed E-state index contributed by atoms with van der Waals surface area (Å²) in [6.45, 7) is 0. The van der Waals surface area contributed by atoms with Crippen LogP contribution in [-0.2, 0) is 0 Å². The fourth-order valence-electron chi connectivity index (χ4n) is 1.44. The molecule has 0 bridgehead atoms. The lowest BCUT2D eigenvalue weighted by Crippen LogP contribution is -2.32. The fourth-order valence-corrected chi connectivity index (χ4v) is 1.69. The van der Waals surface area contributed by atoms with Gasteiger partial charge < -0.3 is 10.5 Å². The second kappa shape index (κ2) is 3.51. The minimum absolute atomic E-state index is 0.0739. The Morgan fingerprint density at radius 3 is 2.67 bits per heavy atom. The largest absolute Gasteiger partial charge is 0.497 e. The first-order chi connectivity index (χ1) is 7.07.